The third-order valence-electron chi connectivity index (χ3n) is 4.45. The van der Waals surface area contributed by atoms with Crippen molar-refractivity contribution in [1.82, 2.24) is 15.3 Å². The standard InChI is InChI=1S/C15H21FN4O/c16-12-9-17-15(18-10-12)20-6-4-11(5-7-20)8-14(21)19-13-2-1-3-13/h9-11,13H,1-8H2,(H,19,21). The van der Waals surface area contributed by atoms with Crippen molar-refractivity contribution in [3.8, 4) is 0 Å². The normalized spacial score (nSPS) is 20.1. The van der Waals surface area contributed by atoms with Gasteiger partial charge in [0.1, 0.15) is 0 Å². The van der Waals surface area contributed by atoms with Crippen LogP contribution in [0.1, 0.15) is 38.5 Å². The summed E-state index contributed by atoms with van der Waals surface area (Å²) >= 11 is 0. The second kappa shape index (κ2) is 6.37. The zero-order chi connectivity index (χ0) is 14.7. The highest BCUT2D eigenvalue weighted by molar-refractivity contribution is 5.76. The third-order valence-corrected chi connectivity index (χ3v) is 4.45. The fraction of sp³-hybridized carbons (Fsp3) is 0.667. The number of hydrogen-bond donors (Lipinski definition) is 1. The number of nitrogens with zero attached hydrogens (tertiary/aromatic N) is 3. The zero-order valence-corrected chi connectivity index (χ0v) is 12.1. The molecule has 1 aromatic heterocycles. The van der Waals surface area contributed by atoms with Crippen molar-refractivity contribution in [2.45, 2.75) is 44.6 Å². The molecule has 3 rings (SSSR count). The summed E-state index contributed by atoms with van der Waals surface area (Å²) in [5, 5.41) is 3.09. The predicted octanol–water partition coefficient (Wildman–Crippen LogP) is 1.89. The molecule has 114 valence electrons. The van der Waals surface area contributed by atoms with Crippen LogP contribution in [0, 0.1) is 11.7 Å². The van der Waals surface area contributed by atoms with Crippen molar-refractivity contribution < 1.29 is 9.18 Å². The SMILES string of the molecule is O=C(CC1CCN(c2ncc(F)cn2)CC1)NC1CCC1. The molecule has 5 nitrogen and oxygen atoms in total. The number of halogens is 1. The van der Waals surface area contributed by atoms with Gasteiger partial charge in [0, 0.05) is 25.6 Å². The molecule has 0 atom stereocenters. The van der Waals surface area contributed by atoms with E-state index in [-0.39, 0.29) is 5.91 Å². The van der Waals surface area contributed by atoms with Crippen molar-refractivity contribution in [1.29, 1.82) is 0 Å². The Morgan fingerprint density at radius 3 is 2.48 bits per heavy atom. The largest absolute Gasteiger partial charge is 0.353 e. The first-order chi connectivity index (χ1) is 10.2. The number of carbonyl (C=O) groups is 1. The van der Waals surface area contributed by atoms with Crippen LogP contribution in [0.25, 0.3) is 0 Å². The first kappa shape index (κ1) is 14.2. The Kier molecular flexibility index (Phi) is 4.31. The molecule has 1 amide bonds. The Balaban J connectivity index is 1.44. The molecule has 0 radical (unpaired) electrons. The summed E-state index contributed by atoms with van der Waals surface area (Å²) in [5.74, 6) is 0.785. The summed E-state index contributed by atoms with van der Waals surface area (Å²) in [6.45, 7) is 1.65. The van der Waals surface area contributed by atoms with Gasteiger partial charge in [0.2, 0.25) is 11.9 Å². The van der Waals surface area contributed by atoms with E-state index in [0.717, 1.165) is 38.8 Å². The molecule has 0 bridgehead atoms. The van der Waals surface area contributed by atoms with Gasteiger partial charge in [-0.1, -0.05) is 0 Å². The van der Waals surface area contributed by atoms with Gasteiger partial charge >= 0.3 is 0 Å². The lowest BCUT2D eigenvalue weighted by molar-refractivity contribution is -0.123. The molecule has 0 aromatic carbocycles. The van der Waals surface area contributed by atoms with Gasteiger partial charge in [-0.05, 0) is 38.0 Å². The van der Waals surface area contributed by atoms with E-state index in [1.807, 2.05) is 0 Å². The van der Waals surface area contributed by atoms with Gasteiger partial charge in [-0.25, -0.2) is 14.4 Å². The highest BCUT2D eigenvalue weighted by Crippen LogP contribution is 2.24. The lowest BCUT2D eigenvalue weighted by Gasteiger charge is -2.32. The fourth-order valence-electron chi connectivity index (χ4n) is 2.91. The van der Waals surface area contributed by atoms with Crippen LogP contribution in [0.4, 0.5) is 10.3 Å². The molecule has 1 N–H and O–H groups in total. The van der Waals surface area contributed by atoms with Gasteiger partial charge in [0.05, 0.1) is 12.4 Å². The Labute approximate surface area is 124 Å². The lowest BCUT2D eigenvalue weighted by Crippen LogP contribution is -2.41. The van der Waals surface area contributed by atoms with E-state index < -0.39 is 5.82 Å². The molecule has 2 aliphatic rings. The first-order valence-corrected chi connectivity index (χ1v) is 7.72. The van der Waals surface area contributed by atoms with Crippen molar-refractivity contribution >= 4 is 11.9 Å². The molecule has 2 fully saturated rings. The first-order valence-electron chi connectivity index (χ1n) is 7.72. The second-order valence-corrected chi connectivity index (χ2v) is 6.03. The van der Waals surface area contributed by atoms with Crippen molar-refractivity contribution in [3.63, 3.8) is 0 Å². The average Bonchev–Trinajstić information content (AvgIpc) is 2.45. The molecule has 1 aromatic rings. The molecule has 2 heterocycles. The summed E-state index contributed by atoms with van der Waals surface area (Å²) < 4.78 is 12.8. The Morgan fingerprint density at radius 1 is 1.24 bits per heavy atom. The fourth-order valence-corrected chi connectivity index (χ4v) is 2.91. The monoisotopic (exact) mass is 292 g/mol. The number of piperidine rings is 1. The highest BCUT2D eigenvalue weighted by atomic mass is 19.1. The summed E-state index contributed by atoms with van der Waals surface area (Å²) in [4.78, 5) is 22.0. The lowest BCUT2D eigenvalue weighted by atomic mass is 9.91. The van der Waals surface area contributed by atoms with Crippen LogP contribution >= 0.6 is 0 Å². The molecule has 1 aliphatic heterocycles. The number of nitrogens with one attached hydrogen (secondary N) is 1. The minimum Gasteiger partial charge on any atom is -0.353 e. The van der Waals surface area contributed by atoms with Crippen LogP contribution in [0.2, 0.25) is 0 Å². The topological polar surface area (TPSA) is 58.1 Å². The van der Waals surface area contributed by atoms with E-state index in [9.17, 15) is 9.18 Å². The molecular formula is C15H21FN4O. The molecule has 0 spiro atoms. The van der Waals surface area contributed by atoms with E-state index in [2.05, 4.69) is 20.2 Å². The van der Waals surface area contributed by atoms with Crippen LogP contribution in [-0.4, -0.2) is 35.0 Å². The van der Waals surface area contributed by atoms with Gasteiger partial charge in [-0.2, -0.15) is 0 Å². The maximum Gasteiger partial charge on any atom is 0.225 e. The molecule has 1 saturated carbocycles. The minimum atomic E-state index is -0.415. The van der Waals surface area contributed by atoms with Crippen LogP contribution in [0.15, 0.2) is 12.4 Å². The maximum absolute atomic E-state index is 12.8. The third kappa shape index (κ3) is 3.68. The number of carbonyl (C=O) groups excluding carboxylic acids is 1. The van der Waals surface area contributed by atoms with Gasteiger partial charge in [-0.3, -0.25) is 4.79 Å². The molecule has 21 heavy (non-hydrogen) atoms. The maximum atomic E-state index is 12.8. The summed E-state index contributed by atoms with van der Waals surface area (Å²) in [7, 11) is 0. The van der Waals surface area contributed by atoms with Gasteiger partial charge in [-0.15, -0.1) is 0 Å². The van der Waals surface area contributed by atoms with Gasteiger partial charge in [0.25, 0.3) is 0 Å². The van der Waals surface area contributed by atoms with Crippen LogP contribution < -0.4 is 10.2 Å². The Bertz CT molecular complexity index is 481. The molecule has 1 aliphatic carbocycles. The number of hydrogen-bond acceptors (Lipinski definition) is 4. The van der Waals surface area contributed by atoms with E-state index in [1.165, 1.54) is 18.8 Å². The van der Waals surface area contributed by atoms with Crippen LogP contribution in [0.3, 0.4) is 0 Å². The molecule has 0 unspecified atom stereocenters. The molecular weight excluding hydrogens is 271 g/mol. The van der Waals surface area contributed by atoms with Crippen LogP contribution in [-0.2, 0) is 4.79 Å². The number of aromatic nitrogens is 2. The second-order valence-electron chi connectivity index (χ2n) is 6.03. The smallest absolute Gasteiger partial charge is 0.225 e. The quantitative estimate of drug-likeness (QED) is 0.920. The number of rotatable bonds is 4. The molecule has 6 heteroatoms. The Morgan fingerprint density at radius 2 is 1.90 bits per heavy atom. The number of amides is 1. The highest BCUT2D eigenvalue weighted by Gasteiger charge is 2.25. The average molecular weight is 292 g/mol. The summed E-state index contributed by atoms with van der Waals surface area (Å²) in [6.07, 6.45) is 8.42. The van der Waals surface area contributed by atoms with Crippen LogP contribution in [0.5, 0.6) is 0 Å². The minimum absolute atomic E-state index is 0.191. The number of anilines is 1. The van der Waals surface area contributed by atoms with Crippen molar-refractivity contribution in [3.05, 3.63) is 18.2 Å². The predicted molar refractivity (Wildman–Crippen MR) is 77.3 cm³/mol. The summed E-state index contributed by atoms with van der Waals surface area (Å²) in [6, 6.07) is 0.421. The van der Waals surface area contributed by atoms with Crippen molar-refractivity contribution in [2.75, 3.05) is 18.0 Å². The van der Waals surface area contributed by atoms with E-state index in [1.54, 1.807) is 0 Å². The van der Waals surface area contributed by atoms with Gasteiger partial charge < -0.3 is 10.2 Å². The van der Waals surface area contributed by atoms with Crippen molar-refractivity contribution in [2.24, 2.45) is 5.92 Å². The summed E-state index contributed by atoms with van der Waals surface area (Å²) in [5.41, 5.74) is 0. The van der Waals surface area contributed by atoms with E-state index in [0.29, 0.717) is 24.3 Å². The van der Waals surface area contributed by atoms with Gasteiger partial charge in [0.15, 0.2) is 5.82 Å². The molecule has 1 saturated heterocycles. The van der Waals surface area contributed by atoms with E-state index in [4.69, 9.17) is 0 Å². The zero-order valence-electron chi connectivity index (χ0n) is 12.1. The Hall–Kier alpha value is -1.72. The van der Waals surface area contributed by atoms with E-state index >= 15 is 0 Å².